The Morgan fingerprint density at radius 3 is 2.22 bits per heavy atom. The van der Waals surface area contributed by atoms with Crippen molar-refractivity contribution in [2.24, 2.45) is 0 Å². The standard InChI is InChI=1S/C32H32F5N3O4S/c1-2-45(42,43)28-15-8-22(9-16-28)29(17-18-38)39-30(41)23-5-12-26(13-6-23)40-19-24(7-14-27(40)20-44-31(33)34)21-3-10-25(11-4-21)32(35,36)37/h3-6,8-13,15-16,24,27,29,31H,2,7,14,17,19-20H2,1H3,(H,39,41)/t24-,27+,29?/m1/s1. The zero-order valence-corrected chi connectivity index (χ0v) is 25.1. The summed E-state index contributed by atoms with van der Waals surface area (Å²) in [6.45, 7) is -1.34. The topological polar surface area (TPSA) is 99.5 Å². The smallest absolute Gasteiger partial charge is 0.366 e. The van der Waals surface area contributed by atoms with Crippen molar-refractivity contribution >= 4 is 21.4 Å². The lowest BCUT2D eigenvalue weighted by Crippen LogP contribution is -2.45. The average molecular weight is 650 g/mol. The number of amides is 1. The molecule has 3 aromatic rings. The van der Waals surface area contributed by atoms with Crippen LogP contribution in [0.3, 0.4) is 0 Å². The second kappa shape index (κ2) is 14.4. The van der Waals surface area contributed by atoms with Crippen LogP contribution >= 0.6 is 0 Å². The third-order valence-electron chi connectivity index (χ3n) is 7.91. The molecule has 0 aliphatic carbocycles. The third-order valence-corrected chi connectivity index (χ3v) is 9.66. The minimum absolute atomic E-state index is 0.0609. The van der Waals surface area contributed by atoms with Crippen LogP contribution < -0.4 is 10.2 Å². The molecule has 1 saturated heterocycles. The van der Waals surface area contributed by atoms with Gasteiger partial charge in [-0.3, -0.25) is 4.79 Å². The molecule has 7 nitrogen and oxygen atoms in total. The summed E-state index contributed by atoms with van der Waals surface area (Å²) in [6, 6.07) is 18.2. The van der Waals surface area contributed by atoms with E-state index in [1.807, 2.05) is 11.0 Å². The fraction of sp³-hybridized carbons (Fsp3) is 0.375. The number of carbonyl (C=O) groups is 1. The van der Waals surface area contributed by atoms with Gasteiger partial charge in [0, 0.05) is 23.7 Å². The van der Waals surface area contributed by atoms with Gasteiger partial charge in [-0.1, -0.05) is 31.2 Å². The van der Waals surface area contributed by atoms with Crippen LogP contribution in [-0.4, -0.2) is 45.9 Å². The number of rotatable bonds is 11. The van der Waals surface area contributed by atoms with E-state index < -0.39 is 46.2 Å². The highest BCUT2D eigenvalue weighted by Gasteiger charge is 2.33. The van der Waals surface area contributed by atoms with Crippen LogP contribution in [0.5, 0.6) is 0 Å². The van der Waals surface area contributed by atoms with Gasteiger partial charge in [0.1, 0.15) is 0 Å². The Bertz CT molecular complexity index is 1590. The molecule has 3 aromatic carbocycles. The van der Waals surface area contributed by atoms with E-state index in [1.54, 1.807) is 36.4 Å². The van der Waals surface area contributed by atoms with Crippen molar-refractivity contribution in [2.75, 3.05) is 23.8 Å². The van der Waals surface area contributed by atoms with Gasteiger partial charge >= 0.3 is 12.8 Å². The van der Waals surface area contributed by atoms with Gasteiger partial charge in [-0.05, 0) is 72.5 Å². The summed E-state index contributed by atoms with van der Waals surface area (Å²) < 4.78 is 93.8. The van der Waals surface area contributed by atoms with Crippen molar-refractivity contribution < 1.29 is 39.9 Å². The van der Waals surface area contributed by atoms with Gasteiger partial charge in [-0.2, -0.15) is 27.2 Å². The normalized spacial score (nSPS) is 18.0. The number of benzene rings is 3. The van der Waals surface area contributed by atoms with E-state index in [1.165, 1.54) is 31.2 Å². The lowest BCUT2D eigenvalue weighted by atomic mass is 9.86. The molecule has 1 N–H and O–H groups in total. The number of nitrogens with zero attached hydrogens (tertiary/aromatic N) is 2. The number of hydrogen-bond donors (Lipinski definition) is 1. The van der Waals surface area contributed by atoms with Gasteiger partial charge in [-0.25, -0.2) is 8.42 Å². The van der Waals surface area contributed by atoms with Crippen molar-refractivity contribution in [3.63, 3.8) is 0 Å². The number of anilines is 1. The monoisotopic (exact) mass is 649 g/mol. The van der Waals surface area contributed by atoms with Crippen LogP contribution in [0.1, 0.15) is 65.2 Å². The molecule has 1 aliphatic rings. The molecule has 1 amide bonds. The van der Waals surface area contributed by atoms with E-state index in [0.29, 0.717) is 36.2 Å². The molecule has 13 heteroatoms. The molecule has 4 rings (SSSR count). The number of nitrogens with one attached hydrogen (secondary N) is 1. The zero-order valence-electron chi connectivity index (χ0n) is 24.3. The summed E-state index contributed by atoms with van der Waals surface area (Å²) in [4.78, 5) is 15.1. The van der Waals surface area contributed by atoms with Crippen molar-refractivity contribution in [3.05, 3.63) is 95.1 Å². The Morgan fingerprint density at radius 1 is 1.02 bits per heavy atom. The Balaban J connectivity index is 1.51. The number of ether oxygens (including phenoxy) is 1. The molecule has 0 spiro atoms. The molecule has 1 fully saturated rings. The minimum Gasteiger partial charge on any atom is -0.366 e. The summed E-state index contributed by atoms with van der Waals surface area (Å²) in [7, 11) is -3.41. The fourth-order valence-corrected chi connectivity index (χ4v) is 6.26. The lowest BCUT2D eigenvalue weighted by molar-refractivity contribution is -0.137. The van der Waals surface area contributed by atoms with E-state index in [2.05, 4.69) is 10.1 Å². The summed E-state index contributed by atoms with van der Waals surface area (Å²) in [5, 5.41) is 12.1. The van der Waals surface area contributed by atoms with Gasteiger partial charge < -0.3 is 15.0 Å². The van der Waals surface area contributed by atoms with Crippen LogP contribution in [0.15, 0.2) is 77.7 Å². The number of hydrogen-bond acceptors (Lipinski definition) is 6. The molecule has 0 radical (unpaired) electrons. The first-order chi connectivity index (χ1) is 21.3. The van der Waals surface area contributed by atoms with Crippen LogP contribution in [-0.2, 0) is 20.8 Å². The number of halogens is 5. The van der Waals surface area contributed by atoms with Crippen LogP contribution in [0.4, 0.5) is 27.6 Å². The van der Waals surface area contributed by atoms with Crippen molar-refractivity contribution in [1.82, 2.24) is 5.32 Å². The SMILES string of the molecule is CCS(=O)(=O)c1ccc(C(CC#N)NC(=O)c2ccc(N3C[C@H](c4ccc(C(F)(F)F)cc4)CC[C@H]3COC(F)F)cc2)cc1. The minimum atomic E-state index is -4.46. The first-order valence-corrected chi connectivity index (χ1v) is 15.9. The molecule has 45 heavy (non-hydrogen) atoms. The van der Waals surface area contributed by atoms with E-state index in [-0.39, 0.29) is 35.2 Å². The molecule has 3 atom stereocenters. The highest BCUT2D eigenvalue weighted by molar-refractivity contribution is 7.91. The molecule has 240 valence electrons. The molecule has 0 saturated carbocycles. The molecule has 1 heterocycles. The van der Waals surface area contributed by atoms with Crippen LogP contribution in [0.25, 0.3) is 0 Å². The van der Waals surface area contributed by atoms with Gasteiger partial charge in [0.25, 0.3) is 5.91 Å². The highest BCUT2D eigenvalue weighted by Crippen LogP contribution is 2.36. The average Bonchev–Trinajstić information content (AvgIpc) is 3.03. The fourth-order valence-electron chi connectivity index (χ4n) is 5.38. The Labute approximate surface area is 258 Å². The van der Waals surface area contributed by atoms with Gasteiger partial charge in [0.05, 0.1) is 47.4 Å². The lowest BCUT2D eigenvalue weighted by Gasteiger charge is -2.41. The third kappa shape index (κ3) is 8.58. The zero-order chi connectivity index (χ0) is 32.8. The molecule has 1 aliphatic heterocycles. The Morgan fingerprint density at radius 2 is 1.67 bits per heavy atom. The van der Waals surface area contributed by atoms with E-state index in [0.717, 1.165) is 12.1 Å². The van der Waals surface area contributed by atoms with Crippen molar-refractivity contribution in [1.29, 1.82) is 5.26 Å². The summed E-state index contributed by atoms with van der Waals surface area (Å²) in [5.41, 5.74) is 1.38. The molecule has 0 aromatic heterocycles. The van der Waals surface area contributed by atoms with E-state index in [4.69, 9.17) is 0 Å². The molecular weight excluding hydrogens is 617 g/mol. The highest BCUT2D eigenvalue weighted by atomic mass is 32.2. The number of alkyl halides is 5. The maximum Gasteiger partial charge on any atom is 0.416 e. The first kappa shape index (κ1) is 33.9. The number of piperidine rings is 1. The largest absolute Gasteiger partial charge is 0.416 e. The summed E-state index contributed by atoms with van der Waals surface area (Å²) in [6.07, 6.45) is -3.51. The predicted molar refractivity (Wildman–Crippen MR) is 158 cm³/mol. The summed E-state index contributed by atoms with van der Waals surface area (Å²) in [5.74, 6) is -0.706. The number of sulfone groups is 1. The van der Waals surface area contributed by atoms with Crippen LogP contribution in [0, 0.1) is 11.3 Å². The number of carbonyl (C=O) groups excluding carboxylic acids is 1. The number of nitriles is 1. The maximum atomic E-state index is 13.1. The maximum absolute atomic E-state index is 13.1. The first-order valence-electron chi connectivity index (χ1n) is 14.3. The Hall–Kier alpha value is -4.02. The van der Waals surface area contributed by atoms with Crippen LogP contribution in [0.2, 0.25) is 0 Å². The van der Waals surface area contributed by atoms with Gasteiger partial charge in [0.2, 0.25) is 0 Å². The molecule has 1 unspecified atom stereocenters. The van der Waals surface area contributed by atoms with E-state index >= 15 is 0 Å². The van der Waals surface area contributed by atoms with Gasteiger partial charge in [-0.15, -0.1) is 0 Å². The van der Waals surface area contributed by atoms with E-state index in [9.17, 15) is 40.4 Å². The predicted octanol–water partition coefficient (Wildman–Crippen LogP) is 6.88. The van der Waals surface area contributed by atoms with Crippen molar-refractivity contribution in [2.45, 2.75) is 61.9 Å². The van der Waals surface area contributed by atoms with Crippen molar-refractivity contribution in [3.8, 4) is 6.07 Å². The quantitative estimate of drug-likeness (QED) is 0.228. The Kier molecular flexibility index (Phi) is 10.8. The second-order valence-electron chi connectivity index (χ2n) is 10.7. The summed E-state index contributed by atoms with van der Waals surface area (Å²) >= 11 is 0. The van der Waals surface area contributed by atoms with Gasteiger partial charge in [0.15, 0.2) is 9.84 Å². The molecule has 0 bridgehead atoms. The second-order valence-corrected chi connectivity index (χ2v) is 13.0. The molecular formula is C32H32F5N3O4S.